The molecule has 1 fully saturated rings. The van der Waals surface area contributed by atoms with E-state index in [1.165, 1.54) is 21.6 Å². The highest BCUT2D eigenvalue weighted by molar-refractivity contribution is 8.76. The van der Waals surface area contributed by atoms with Crippen molar-refractivity contribution in [2.75, 3.05) is 18.1 Å². The van der Waals surface area contributed by atoms with Crippen molar-refractivity contribution in [3.63, 3.8) is 0 Å². The standard InChI is InChI=1S/C30H36N4O6S2/c1-18(2)27-30(39)33-24-17-42-41-13-6-5-11-21(15-25(35)34-27)40-26(36)16-31-28(37)23(32-29(24)38)14-20-10-7-9-19-8-3-4-12-22(19)20/h3-5,7-12,18,21,23-24,27H,6,13-17H2,1-2H3,(H,31,37)(H,32,38)(H,33,39)(H,34,35)/b11-5+/t21-,23+,24-,27?/m1/s1. The molecule has 2 aromatic rings. The van der Waals surface area contributed by atoms with E-state index in [2.05, 4.69) is 21.3 Å². The molecule has 0 spiro atoms. The summed E-state index contributed by atoms with van der Waals surface area (Å²) >= 11 is 0. The zero-order valence-corrected chi connectivity index (χ0v) is 25.2. The van der Waals surface area contributed by atoms with Crippen LogP contribution in [0.15, 0.2) is 54.6 Å². The van der Waals surface area contributed by atoms with Crippen molar-refractivity contribution in [2.45, 2.75) is 57.3 Å². The quantitative estimate of drug-likeness (QED) is 0.235. The number of amides is 4. The van der Waals surface area contributed by atoms with Crippen molar-refractivity contribution in [1.82, 2.24) is 21.3 Å². The second-order valence-corrected chi connectivity index (χ2v) is 13.2. The molecule has 4 amide bonds. The Balaban J connectivity index is 1.70. The molecule has 1 unspecified atom stereocenters. The lowest BCUT2D eigenvalue weighted by Gasteiger charge is -2.27. The molecule has 0 saturated carbocycles. The van der Waals surface area contributed by atoms with Gasteiger partial charge >= 0.3 is 5.97 Å². The van der Waals surface area contributed by atoms with Gasteiger partial charge in [-0.1, -0.05) is 84.0 Å². The molecule has 2 heterocycles. The van der Waals surface area contributed by atoms with Crippen molar-refractivity contribution in [2.24, 2.45) is 5.92 Å². The second kappa shape index (κ2) is 15.1. The fraction of sp³-hybridized carbons (Fsp3) is 0.433. The van der Waals surface area contributed by atoms with Gasteiger partial charge in [-0.05, 0) is 34.8 Å². The lowest BCUT2D eigenvalue weighted by Crippen LogP contribution is -2.59. The molecule has 224 valence electrons. The largest absolute Gasteiger partial charge is 0.456 e. The minimum Gasteiger partial charge on any atom is -0.456 e. The molecule has 0 aromatic heterocycles. The maximum absolute atomic E-state index is 13.7. The minimum atomic E-state index is -1.03. The summed E-state index contributed by atoms with van der Waals surface area (Å²) in [6, 6.07) is 10.6. The third-order valence-corrected chi connectivity index (χ3v) is 9.40. The summed E-state index contributed by atoms with van der Waals surface area (Å²) in [6.07, 6.45) is 3.23. The second-order valence-electron chi connectivity index (χ2n) is 10.5. The number of carbonyl (C=O) groups excluding carboxylic acids is 5. The molecular formula is C30H36N4O6S2. The van der Waals surface area contributed by atoms with E-state index < -0.39 is 60.4 Å². The Morgan fingerprint density at radius 2 is 1.69 bits per heavy atom. The molecule has 12 heteroatoms. The molecule has 0 aliphatic carbocycles. The van der Waals surface area contributed by atoms with Crippen molar-refractivity contribution >= 4 is 62.0 Å². The molecule has 2 aliphatic heterocycles. The molecule has 4 N–H and O–H groups in total. The fourth-order valence-corrected chi connectivity index (χ4v) is 6.90. The molecule has 10 nitrogen and oxygen atoms in total. The first-order valence-electron chi connectivity index (χ1n) is 14.0. The fourth-order valence-electron chi connectivity index (χ4n) is 4.75. The van der Waals surface area contributed by atoms with E-state index in [1.54, 1.807) is 19.9 Å². The molecule has 2 bridgehead atoms. The number of esters is 1. The Labute approximate surface area is 252 Å². The number of benzene rings is 2. The number of hydrogen-bond donors (Lipinski definition) is 4. The van der Waals surface area contributed by atoms with E-state index >= 15 is 0 Å². The average Bonchev–Trinajstić information content (AvgIpc) is 2.96. The molecule has 4 atom stereocenters. The predicted molar refractivity (Wildman–Crippen MR) is 164 cm³/mol. The number of nitrogens with one attached hydrogen (secondary N) is 4. The number of hydrogen-bond acceptors (Lipinski definition) is 8. The van der Waals surface area contributed by atoms with Crippen molar-refractivity contribution in [3.8, 4) is 0 Å². The summed E-state index contributed by atoms with van der Waals surface area (Å²) in [5, 5.41) is 12.9. The number of ether oxygens (including phenoxy) is 1. The van der Waals surface area contributed by atoms with Crippen LogP contribution in [0.5, 0.6) is 0 Å². The zero-order valence-electron chi connectivity index (χ0n) is 23.6. The monoisotopic (exact) mass is 612 g/mol. The lowest BCUT2D eigenvalue weighted by molar-refractivity contribution is -0.148. The Morgan fingerprint density at radius 3 is 2.50 bits per heavy atom. The van der Waals surface area contributed by atoms with Crippen LogP contribution >= 0.6 is 21.6 Å². The molecular weight excluding hydrogens is 576 g/mol. The highest BCUT2D eigenvalue weighted by Gasteiger charge is 2.32. The maximum atomic E-state index is 13.7. The lowest BCUT2D eigenvalue weighted by atomic mass is 9.98. The van der Waals surface area contributed by atoms with Gasteiger partial charge in [0.2, 0.25) is 23.6 Å². The minimum absolute atomic E-state index is 0.159. The Bertz CT molecular complexity index is 1340. The summed E-state index contributed by atoms with van der Waals surface area (Å²) in [6.45, 7) is 3.14. The van der Waals surface area contributed by atoms with Crippen molar-refractivity contribution in [3.05, 3.63) is 60.2 Å². The van der Waals surface area contributed by atoms with Crippen LogP contribution in [-0.2, 0) is 35.1 Å². The number of fused-ring (bicyclic) bond motifs is 8. The molecule has 0 radical (unpaired) electrons. The Kier molecular flexibility index (Phi) is 11.3. The first-order valence-corrected chi connectivity index (χ1v) is 16.4. The summed E-state index contributed by atoms with van der Waals surface area (Å²) in [4.78, 5) is 66.1. The first-order chi connectivity index (χ1) is 20.2. The summed E-state index contributed by atoms with van der Waals surface area (Å²) < 4.78 is 5.54. The topological polar surface area (TPSA) is 143 Å². The van der Waals surface area contributed by atoms with Crippen LogP contribution in [0.2, 0.25) is 0 Å². The van der Waals surface area contributed by atoms with Gasteiger partial charge in [0.05, 0.1) is 6.42 Å². The zero-order chi connectivity index (χ0) is 30.1. The molecule has 4 rings (SSSR count). The maximum Gasteiger partial charge on any atom is 0.326 e. The van der Waals surface area contributed by atoms with Gasteiger partial charge in [0.1, 0.15) is 30.8 Å². The van der Waals surface area contributed by atoms with Gasteiger partial charge in [0.15, 0.2) is 0 Å². The third kappa shape index (κ3) is 8.75. The van der Waals surface area contributed by atoms with Crippen LogP contribution in [-0.4, -0.2) is 71.9 Å². The summed E-state index contributed by atoms with van der Waals surface area (Å²) in [7, 11) is 2.97. The highest BCUT2D eigenvalue weighted by Crippen LogP contribution is 2.24. The Morgan fingerprint density at radius 1 is 0.905 bits per heavy atom. The highest BCUT2D eigenvalue weighted by atomic mass is 33.1. The average molecular weight is 613 g/mol. The van der Waals surface area contributed by atoms with E-state index in [9.17, 15) is 24.0 Å². The number of allylic oxidation sites excluding steroid dienone is 1. The van der Waals surface area contributed by atoms with Gasteiger partial charge in [-0.3, -0.25) is 24.0 Å². The molecule has 2 aromatic carbocycles. The molecule has 1 saturated heterocycles. The first kappa shape index (κ1) is 31.4. The van der Waals surface area contributed by atoms with E-state index in [-0.39, 0.29) is 24.5 Å². The molecule has 2 aliphatic rings. The number of carbonyl (C=O) groups is 5. The third-order valence-electron chi connectivity index (χ3n) is 6.95. The van der Waals surface area contributed by atoms with Crippen molar-refractivity contribution < 1.29 is 28.7 Å². The van der Waals surface area contributed by atoms with Gasteiger partial charge in [0, 0.05) is 17.9 Å². The van der Waals surface area contributed by atoms with Crippen LogP contribution in [0, 0.1) is 5.92 Å². The summed E-state index contributed by atoms with van der Waals surface area (Å²) in [5.74, 6) is -2.14. The number of rotatable bonds is 3. The van der Waals surface area contributed by atoms with E-state index in [1.807, 2.05) is 48.5 Å². The van der Waals surface area contributed by atoms with Crippen molar-refractivity contribution in [1.29, 1.82) is 0 Å². The predicted octanol–water partition coefficient (Wildman–Crippen LogP) is 2.27. The van der Waals surface area contributed by atoms with E-state index in [0.717, 1.165) is 16.3 Å². The van der Waals surface area contributed by atoms with Gasteiger partial charge in [-0.2, -0.15) is 0 Å². The van der Waals surface area contributed by atoms with Gasteiger partial charge < -0.3 is 26.0 Å². The van der Waals surface area contributed by atoms with E-state index in [0.29, 0.717) is 12.2 Å². The Hall–Kier alpha value is -3.51. The summed E-state index contributed by atoms with van der Waals surface area (Å²) in [5.41, 5.74) is 0.842. The van der Waals surface area contributed by atoms with Crippen LogP contribution in [0.3, 0.4) is 0 Å². The van der Waals surface area contributed by atoms with Gasteiger partial charge in [-0.15, -0.1) is 0 Å². The normalized spacial score (nSPS) is 25.9. The van der Waals surface area contributed by atoms with E-state index in [4.69, 9.17) is 4.74 Å². The van der Waals surface area contributed by atoms with Crippen LogP contribution < -0.4 is 21.3 Å². The van der Waals surface area contributed by atoms with Gasteiger partial charge in [0.25, 0.3) is 0 Å². The van der Waals surface area contributed by atoms with Gasteiger partial charge in [-0.25, -0.2) is 0 Å². The van der Waals surface area contributed by atoms with Crippen LogP contribution in [0.25, 0.3) is 10.8 Å². The smallest absolute Gasteiger partial charge is 0.326 e. The molecule has 42 heavy (non-hydrogen) atoms. The SMILES string of the molecule is CC(C)C1NC(=O)C[C@H]2/C=C/CCSSC[C@@H](NC1=O)C(=O)N[C@@H](Cc1cccc3ccccc13)C(=O)NCC(=O)O2. The van der Waals surface area contributed by atoms with Crippen LogP contribution in [0.1, 0.15) is 32.3 Å². The van der Waals surface area contributed by atoms with Crippen LogP contribution in [0.4, 0.5) is 0 Å².